The van der Waals surface area contributed by atoms with Crippen molar-refractivity contribution >= 4 is 11.9 Å². The van der Waals surface area contributed by atoms with Gasteiger partial charge >= 0.3 is 0 Å². The van der Waals surface area contributed by atoms with Gasteiger partial charge in [0, 0.05) is 45.1 Å². The van der Waals surface area contributed by atoms with Crippen molar-refractivity contribution in [3.05, 3.63) is 18.0 Å². The highest BCUT2D eigenvalue weighted by Crippen LogP contribution is 2.20. The van der Waals surface area contributed by atoms with E-state index in [-0.39, 0.29) is 5.91 Å². The number of carbonyl (C=O) groups excluding carboxylic acids is 1. The third-order valence-electron chi connectivity index (χ3n) is 5.08. The fourth-order valence-corrected chi connectivity index (χ4v) is 3.95. The van der Waals surface area contributed by atoms with Crippen LogP contribution >= 0.6 is 0 Å². The van der Waals surface area contributed by atoms with E-state index in [2.05, 4.69) is 38.9 Å². The maximum Gasteiger partial charge on any atom is 0.254 e. The molecule has 0 radical (unpaired) electrons. The molecule has 2 atom stereocenters. The molecule has 0 saturated carbocycles. The molecule has 144 valence electrons. The van der Waals surface area contributed by atoms with E-state index in [0.29, 0.717) is 31.3 Å². The number of ether oxygens (including phenoxy) is 1. The Balaban J connectivity index is 1.39. The van der Waals surface area contributed by atoms with E-state index in [0.717, 1.165) is 37.9 Å². The number of carbonyl (C=O) groups is 1. The molecule has 7 nitrogen and oxygen atoms in total. The Bertz CT molecular complexity index is 564. The minimum absolute atomic E-state index is 0.0982. The van der Waals surface area contributed by atoms with Crippen molar-refractivity contribution in [1.82, 2.24) is 20.2 Å². The molecule has 0 bridgehead atoms. The number of nitrogens with one attached hydrogen (secondary N) is 1. The molecule has 0 aromatic carbocycles. The number of morpholine rings is 1. The minimum atomic E-state index is -0.0982. The molecule has 0 spiro atoms. The summed E-state index contributed by atoms with van der Waals surface area (Å²) in [6.45, 7) is 11.7. The van der Waals surface area contributed by atoms with Crippen molar-refractivity contribution in [2.75, 3.05) is 57.4 Å². The second-order valence-electron chi connectivity index (χ2n) is 7.69. The van der Waals surface area contributed by atoms with E-state index in [4.69, 9.17) is 4.74 Å². The minimum Gasteiger partial charge on any atom is -0.378 e. The van der Waals surface area contributed by atoms with Gasteiger partial charge in [-0.15, -0.1) is 0 Å². The second kappa shape index (κ2) is 9.28. The lowest BCUT2D eigenvalue weighted by Gasteiger charge is -2.34. The molecule has 2 aliphatic heterocycles. The smallest absolute Gasteiger partial charge is 0.254 e. The fourth-order valence-electron chi connectivity index (χ4n) is 3.95. The first kappa shape index (κ1) is 19.0. The van der Waals surface area contributed by atoms with Crippen LogP contribution in [0.1, 0.15) is 37.0 Å². The van der Waals surface area contributed by atoms with Crippen LogP contribution in [0.5, 0.6) is 0 Å². The Labute approximate surface area is 156 Å². The van der Waals surface area contributed by atoms with Gasteiger partial charge in [-0.2, -0.15) is 0 Å². The summed E-state index contributed by atoms with van der Waals surface area (Å²) in [5.41, 5.74) is 0.516. The summed E-state index contributed by atoms with van der Waals surface area (Å²) >= 11 is 0. The number of anilines is 1. The molecular weight excluding hydrogens is 330 g/mol. The fraction of sp³-hybridized carbons (Fsp3) is 0.737. The quantitative estimate of drug-likeness (QED) is 0.773. The van der Waals surface area contributed by atoms with Crippen LogP contribution in [0.15, 0.2) is 12.4 Å². The average molecular weight is 361 g/mol. The summed E-state index contributed by atoms with van der Waals surface area (Å²) < 4.78 is 5.33. The Morgan fingerprint density at radius 2 is 1.85 bits per heavy atom. The number of amides is 1. The zero-order chi connectivity index (χ0) is 18.4. The lowest BCUT2D eigenvalue weighted by Crippen LogP contribution is -2.40. The molecule has 1 aromatic heterocycles. The van der Waals surface area contributed by atoms with Gasteiger partial charge < -0.3 is 19.9 Å². The molecule has 2 unspecified atom stereocenters. The highest BCUT2D eigenvalue weighted by atomic mass is 16.5. The first-order chi connectivity index (χ1) is 12.6. The molecule has 2 fully saturated rings. The maximum atomic E-state index is 12.2. The number of nitrogens with zero attached hydrogens (tertiary/aromatic N) is 4. The summed E-state index contributed by atoms with van der Waals surface area (Å²) in [4.78, 5) is 25.5. The van der Waals surface area contributed by atoms with Crippen molar-refractivity contribution < 1.29 is 9.53 Å². The third-order valence-corrected chi connectivity index (χ3v) is 5.08. The second-order valence-corrected chi connectivity index (χ2v) is 7.69. The summed E-state index contributed by atoms with van der Waals surface area (Å²) in [7, 11) is 0. The predicted molar refractivity (Wildman–Crippen MR) is 101 cm³/mol. The monoisotopic (exact) mass is 361 g/mol. The Morgan fingerprint density at radius 1 is 1.19 bits per heavy atom. The van der Waals surface area contributed by atoms with Crippen molar-refractivity contribution in [3.8, 4) is 0 Å². The maximum absolute atomic E-state index is 12.2. The highest BCUT2D eigenvalue weighted by Gasteiger charge is 2.21. The molecule has 7 heteroatoms. The number of hydrogen-bond donors (Lipinski definition) is 1. The normalized spacial score (nSPS) is 24.5. The van der Waals surface area contributed by atoms with Crippen LogP contribution in [0.25, 0.3) is 0 Å². The molecule has 2 aliphatic rings. The van der Waals surface area contributed by atoms with E-state index < -0.39 is 0 Å². The first-order valence-electron chi connectivity index (χ1n) is 9.77. The molecule has 0 aliphatic carbocycles. The van der Waals surface area contributed by atoms with E-state index in [1.165, 1.54) is 19.5 Å². The molecular formula is C19H31N5O2. The van der Waals surface area contributed by atoms with Crippen LogP contribution in [0.3, 0.4) is 0 Å². The Morgan fingerprint density at radius 3 is 2.50 bits per heavy atom. The van der Waals surface area contributed by atoms with Crippen molar-refractivity contribution in [1.29, 1.82) is 0 Å². The number of likely N-dealkylation sites (tertiary alicyclic amines) is 1. The number of rotatable bonds is 6. The van der Waals surface area contributed by atoms with Crippen LogP contribution in [-0.4, -0.2) is 73.3 Å². The number of aromatic nitrogens is 2. The summed E-state index contributed by atoms with van der Waals surface area (Å²) in [5, 5.41) is 2.98. The number of hydrogen-bond acceptors (Lipinski definition) is 6. The third kappa shape index (κ3) is 5.38. The van der Waals surface area contributed by atoms with Gasteiger partial charge in [0.1, 0.15) is 0 Å². The van der Waals surface area contributed by atoms with Gasteiger partial charge in [0.25, 0.3) is 5.91 Å². The Kier molecular flexibility index (Phi) is 6.80. The van der Waals surface area contributed by atoms with Gasteiger partial charge in [-0.3, -0.25) is 4.79 Å². The van der Waals surface area contributed by atoms with Crippen LogP contribution in [0.2, 0.25) is 0 Å². The number of piperidine rings is 1. The van der Waals surface area contributed by atoms with Gasteiger partial charge in [0.15, 0.2) is 0 Å². The van der Waals surface area contributed by atoms with Gasteiger partial charge in [-0.1, -0.05) is 13.8 Å². The highest BCUT2D eigenvalue weighted by molar-refractivity contribution is 5.93. The zero-order valence-electron chi connectivity index (χ0n) is 16.0. The zero-order valence-corrected chi connectivity index (χ0v) is 16.0. The molecule has 1 amide bonds. The summed E-state index contributed by atoms with van der Waals surface area (Å²) in [6, 6.07) is 0. The van der Waals surface area contributed by atoms with E-state index in [1.807, 2.05) is 0 Å². The molecule has 1 N–H and O–H groups in total. The van der Waals surface area contributed by atoms with Crippen LogP contribution in [0.4, 0.5) is 5.95 Å². The SMILES string of the molecule is CC1CC(C)CN(CCCNC(=O)c2cnc(N3CCOCC3)nc2)C1. The van der Waals surface area contributed by atoms with Gasteiger partial charge in [-0.25, -0.2) is 9.97 Å². The van der Waals surface area contributed by atoms with Crippen LogP contribution < -0.4 is 10.2 Å². The van der Waals surface area contributed by atoms with Crippen molar-refractivity contribution in [2.24, 2.45) is 11.8 Å². The average Bonchev–Trinajstić information content (AvgIpc) is 2.65. The van der Waals surface area contributed by atoms with Crippen LogP contribution in [-0.2, 0) is 4.74 Å². The predicted octanol–water partition coefficient (Wildman–Crippen LogP) is 1.41. The summed E-state index contributed by atoms with van der Waals surface area (Å²) in [6.07, 6.45) is 5.52. The molecule has 3 heterocycles. The largest absolute Gasteiger partial charge is 0.378 e. The van der Waals surface area contributed by atoms with Gasteiger partial charge in [0.2, 0.25) is 5.95 Å². The Hall–Kier alpha value is -1.73. The van der Waals surface area contributed by atoms with Crippen molar-refractivity contribution in [3.63, 3.8) is 0 Å². The van der Waals surface area contributed by atoms with Gasteiger partial charge in [-0.05, 0) is 31.2 Å². The lowest BCUT2D eigenvalue weighted by molar-refractivity contribution is 0.0946. The van der Waals surface area contributed by atoms with E-state index in [9.17, 15) is 4.79 Å². The molecule has 26 heavy (non-hydrogen) atoms. The van der Waals surface area contributed by atoms with Gasteiger partial charge in [0.05, 0.1) is 18.8 Å². The van der Waals surface area contributed by atoms with E-state index in [1.54, 1.807) is 12.4 Å². The summed E-state index contributed by atoms with van der Waals surface area (Å²) in [5.74, 6) is 2.11. The molecule has 3 rings (SSSR count). The first-order valence-corrected chi connectivity index (χ1v) is 9.77. The topological polar surface area (TPSA) is 70.6 Å². The molecule has 1 aromatic rings. The lowest BCUT2D eigenvalue weighted by atomic mass is 9.92. The standard InChI is InChI=1S/C19H31N5O2/c1-15-10-16(2)14-23(13-15)5-3-4-20-18(25)17-11-21-19(22-12-17)24-6-8-26-9-7-24/h11-12,15-16H,3-10,13-14H2,1-2H3,(H,20,25). The van der Waals surface area contributed by atoms with Crippen LogP contribution in [0, 0.1) is 11.8 Å². The van der Waals surface area contributed by atoms with Crippen molar-refractivity contribution in [2.45, 2.75) is 26.7 Å². The molecule has 2 saturated heterocycles. The van der Waals surface area contributed by atoms with E-state index >= 15 is 0 Å².